The Morgan fingerprint density at radius 2 is 1.79 bits per heavy atom. The summed E-state index contributed by atoms with van der Waals surface area (Å²) in [5, 5.41) is 21.2. The quantitative estimate of drug-likeness (QED) is 0.0982. The Morgan fingerprint density at radius 1 is 1.06 bits per heavy atom. The normalized spacial score (nSPS) is 11.8. The summed E-state index contributed by atoms with van der Waals surface area (Å²) in [6, 6.07) is 7.92. The molecule has 47 heavy (non-hydrogen) atoms. The molecule has 4 N–H and O–H groups in total. The van der Waals surface area contributed by atoms with Crippen molar-refractivity contribution in [1.82, 2.24) is 30.0 Å². The van der Waals surface area contributed by atoms with Crippen LogP contribution in [0.2, 0.25) is 0 Å². The first-order valence-corrected chi connectivity index (χ1v) is 16.9. The molecule has 18 heteroatoms. The zero-order chi connectivity index (χ0) is 34.2. The number of benzene rings is 1. The van der Waals surface area contributed by atoms with Gasteiger partial charge in [0.1, 0.15) is 11.4 Å². The smallest absolute Gasteiger partial charge is 0.396 e. The van der Waals surface area contributed by atoms with Gasteiger partial charge in [-0.1, -0.05) is 6.07 Å². The van der Waals surface area contributed by atoms with Gasteiger partial charge in [0, 0.05) is 42.6 Å². The van der Waals surface area contributed by atoms with Crippen LogP contribution in [0.25, 0.3) is 11.3 Å². The minimum atomic E-state index is -4.83. The van der Waals surface area contributed by atoms with E-state index in [4.69, 9.17) is 14.2 Å². The number of pyridine rings is 1. The second-order valence-corrected chi connectivity index (χ2v) is 12.8. The SMILES string of the molecule is CCOP(=O)(Cc1ccc(Nc2ncc(C(F)(F)F)c(Nc3ccc(-c4cnn(CCCO)c4)nc3C(=O)NC)n2)c(Br)c1)OCC. The van der Waals surface area contributed by atoms with Gasteiger partial charge in [-0.25, -0.2) is 9.97 Å². The molecule has 0 atom stereocenters. The van der Waals surface area contributed by atoms with Gasteiger partial charge in [-0.15, -0.1) is 0 Å². The van der Waals surface area contributed by atoms with Crippen LogP contribution in [0.5, 0.6) is 0 Å². The Bertz CT molecular complexity index is 1750. The van der Waals surface area contributed by atoms with Crippen molar-refractivity contribution in [3.63, 3.8) is 0 Å². The lowest BCUT2D eigenvalue weighted by molar-refractivity contribution is -0.137. The van der Waals surface area contributed by atoms with E-state index < -0.39 is 31.1 Å². The number of hydrogen-bond acceptors (Lipinski definition) is 11. The molecular formula is C29H33BrF3N8O5P. The number of rotatable bonds is 15. The number of aromatic nitrogens is 5. The van der Waals surface area contributed by atoms with Crippen molar-refractivity contribution < 1.29 is 36.7 Å². The molecular weight excluding hydrogens is 708 g/mol. The molecule has 0 aliphatic heterocycles. The van der Waals surface area contributed by atoms with Gasteiger partial charge < -0.3 is 30.1 Å². The molecule has 0 bridgehead atoms. The summed E-state index contributed by atoms with van der Waals surface area (Å²) in [5.41, 5.74) is 0.602. The van der Waals surface area contributed by atoms with Crippen molar-refractivity contribution in [3.8, 4) is 11.3 Å². The lowest BCUT2D eigenvalue weighted by Gasteiger charge is -2.18. The number of aryl methyl sites for hydroxylation is 1. The number of hydrogen-bond donors (Lipinski definition) is 4. The molecule has 252 valence electrons. The largest absolute Gasteiger partial charge is 0.421 e. The number of amides is 1. The van der Waals surface area contributed by atoms with Crippen molar-refractivity contribution in [2.24, 2.45) is 0 Å². The van der Waals surface area contributed by atoms with Crippen LogP contribution < -0.4 is 16.0 Å². The van der Waals surface area contributed by atoms with E-state index in [0.717, 1.165) is 0 Å². The third-order valence-electron chi connectivity index (χ3n) is 6.47. The molecule has 0 spiro atoms. The maximum absolute atomic E-state index is 14.1. The number of carbonyl (C=O) groups excluding carboxylic acids is 1. The Morgan fingerprint density at radius 3 is 2.43 bits per heavy atom. The highest BCUT2D eigenvalue weighted by molar-refractivity contribution is 9.10. The Labute approximate surface area is 277 Å². The summed E-state index contributed by atoms with van der Waals surface area (Å²) in [4.78, 5) is 25.1. The number of aliphatic hydroxyl groups excluding tert-OH is 1. The molecule has 1 amide bonds. The van der Waals surface area contributed by atoms with Gasteiger partial charge >= 0.3 is 13.8 Å². The molecule has 1 aromatic carbocycles. The molecule has 0 radical (unpaired) electrons. The zero-order valence-corrected chi connectivity index (χ0v) is 28.1. The van der Waals surface area contributed by atoms with E-state index in [1.165, 1.54) is 25.4 Å². The van der Waals surface area contributed by atoms with Crippen LogP contribution in [0.15, 0.2) is 53.4 Å². The van der Waals surface area contributed by atoms with E-state index in [2.05, 4.69) is 51.9 Å². The van der Waals surface area contributed by atoms with Gasteiger partial charge in [0.05, 0.1) is 42.6 Å². The van der Waals surface area contributed by atoms with Crippen molar-refractivity contribution >= 4 is 52.6 Å². The van der Waals surface area contributed by atoms with Gasteiger partial charge in [-0.3, -0.25) is 14.0 Å². The summed E-state index contributed by atoms with van der Waals surface area (Å²) >= 11 is 3.43. The predicted molar refractivity (Wildman–Crippen MR) is 173 cm³/mol. The standard InChI is InChI=1S/C29H33BrF3N8O5P/c1-4-45-47(44,46-5-2)17-18-7-8-23(21(30)13-18)39-28-35-15-20(29(31,32)33)26(40-28)38-24-10-9-22(37-25(24)27(43)34-3)19-14-36-41(16-19)11-6-12-42/h7-10,13-16,42H,4-6,11-12,17H2,1-3H3,(H,34,43)(H2,35,38,39,40). The number of aliphatic hydroxyl groups is 1. The summed E-state index contributed by atoms with van der Waals surface area (Å²) < 4.78 is 67.9. The minimum absolute atomic E-state index is 0.00752. The van der Waals surface area contributed by atoms with Crippen LogP contribution in [0.1, 0.15) is 41.9 Å². The van der Waals surface area contributed by atoms with Gasteiger partial charge in [-0.2, -0.15) is 23.3 Å². The van der Waals surface area contributed by atoms with Crippen LogP contribution in [-0.2, 0) is 32.5 Å². The zero-order valence-electron chi connectivity index (χ0n) is 25.6. The molecule has 4 rings (SSSR count). The van der Waals surface area contributed by atoms with E-state index in [1.807, 2.05) is 0 Å². The third-order valence-corrected chi connectivity index (χ3v) is 9.18. The van der Waals surface area contributed by atoms with E-state index in [1.54, 1.807) is 42.9 Å². The third kappa shape index (κ3) is 9.35. The van der Waals surface area contributed by atoms with Crippen LogP contribution in [0.4, 0.5) is 36.3 Å². The first kappa shape index (κ1) is 36.0. The molecule has 13 nitrogen and oxygen atoms in total. The van der Waals surface area contributed by atoms with Gasteiger partial charge in [0.15, 0.2) is 5.69 Å². The molecule has 0 unspecified atom stereocenters. The summed E-state index contributed by atoms with van der Waals surface area (Å²) in [7, 11) is -2.00. The maximum Gasteiger partial charge on any atom is 0.421 e. The van der Waals surface area contributed by atoms with Gasteiger partial charge in [0.25, 0.3) is 5.91 Å². The molecule has 0 fully saturated rings. The van der Waals surface area contributed by atoms with Crippen molar-refractivity contribution in [2.45, 2.75) is 39.2 Å². The second kappa shape index (κ2) is 15.8. The van der Waals surface area contributed by atoms with E-state index >= 15 is 0 Å². The van der Waals surface area contributed by atoms with Crippen molar-refractivity contribution in [2.75, 3.05) is 37.5 Å². The fraction of sp³-hybridized carbons (Fsp3) is 0.345. The van der Waals surface area contributed by atoms with E-state index in [0.29, 0.717) is 46.1 Å². The average molecular weight is 742 g/mol. The number of nitrogens with zero attached hydrogens (tertiary/aromatic N) is 5. The molecule has 0 saturated carbocycles. The van der Waals surface area contributed by atoms with Gasteiger partial charge in [0.2, 0.25) is 5.95 Å². The summed E-state index contributed by atoms with van der Waals surface area (Å²) in [6.07, 6.45) is -0.474. The molecule has 0 aliphatic rings. The van der Waals surface area contributed by atoms with Crippen LogP contribution in [-0.4, -0.2) is 62.6 Å². The minimum Gasteiger partial charge on any atom is -0.396 e. The Kier molecular flexibility index (Phi) is 12.1. The summed E-state index contributed by atoms with van der Waals surface area (Å²) in [6.45, 7) is 4.31. The molecule has 3 aromatic heterocycles. The molecule has 3 heterocycles. The number of nitrogens with one attached hydrogen (secondary N) is 3. The van der Waals surface area contributed by atoms with Crippen molar-refractivity contribution in [3.05, 3.63) is 70.2 Å². The molecule has 4 aromatic rings. The lowest BCUT2D eigenvalue weighted by atomic mass is 10.1. The summed E-state index contributed by atoms with van der Waals surface area (Å²) in [5.74, 6) is -1.44. The van der Waals surface area contributed by atoms with Crippen molar-refractivity contribution in [1.29, 1.82) is 0 Å². The van der Waals surface area contributed by atoms with Crippen LogP contribution >= 0.6 is 23.5 Å². The predicted octanol–water partition coefficient (Wildman–Crippen LogP) is 6.51. The number of halogens is 4. The number of alkyl halides is 3. The first-order valence-electron chi connectivity index (χ1n) is 14.4. The molecule has 0 aliphatic carbocycles. The highest BCUT2D eigenvalue weighted by atomic mass is 79.9. The highest BCUT2D eigenvalue weighted by Crippen LogP contribution is 2.51. The fourth-order valence-corrected chi connectivity index (χ4v) is 6.57. The maximum atomic E-state index is 14.1. The fourth-order valence-electron chi connectivity index (χ4n) is 4.36. The van der Waals surface area contributed by atoms with E-state index in [-0.39, 0.29) is 43.3 Å². The van der Waals surface area contributed by atoms with Crippen LogP contribution in [0, 0.1) is 0 Å². The number of carbonyl (C=O) groups is 1. The Hall–Kier alpha value is -3.89. The lowest BCUT2D eigenvalue weighted by Crippen LogP contribution is -2.21. The average Bonchev–Trinajstić information content (AvgIpc) is 3.50. The number of anilines is 4. The van der Waals surface area contributed by atoms with E-state index in [9.17, 15) is 22.5 Å². The second-order valence-electron chi connectivity index (χ2n) is 9.86. The Balaban J connectivity index is 1.64. The first-order chi connectivity index (χ1) is 22.4. The van der Waals surface area contributed by atoms with Gasteiger partial charge in [-0.05, 0) is 66.0 Å². The monoisotopic (exact) mass is 740 g/mol. The van der Waals surface area contributed by atoms with Crippen LogP contribution in [0.3, 0.4) is 0 Å². The highest BCUT2D eigenvalue weighted by Gasteiger charge is 2.36. The topological polar surface area (TPSA) is 165 Å². The molecule has 0 saturated heterocycles.